The summed E-state index contributed by atoms with van der Waals surface area (Å²) in [7, 11) is -1.70. The monoisotopic (exact) mass is 674 g/mol. The quantitative estimate of drug-likeness (QED) is 0.232. The number of nitrogens with two attached hydrogens (primary N) is 1. The van der Waals surface area contributed by atoms with Crippen molar-refractivity contribution in [1.82, 2.24) is 4.90 Å². The molecule has 5 N–H and O–H groups in total. The average molecular weight is 675 g/mol. The van der Waals surface area contributed by atoms with Crippen LogP contribution >= 0.6 is 0 Å². The number of nitrogens with zero attached hydrogens (tertiary/aromatic N) is 1. The van der Waals surface area contributed by atoms with Crippen molar-refractivity contribution in [2.75, 3.05) is 37.2 Å². The Balaban J connectivity index is 1.92. The highest BCUT2D eigenvalue weighted by Crippen LogP contribution is 2.43. The van der Waals surface area contributed by atoms with Crippen LogP contribution in [0.25, 0.3) is 0 Å². The van der Waals surface area contributed by atoms with Crippen LogP contribution in [0.4, 0.5) is 25.0 Å². The molecule has 0 saturated carbocycles. The normalized spacial score (nSPS) is 16.7. The Labute approximate surface area is 268 Å². The number of carboxylic acid groups (broad SMARTS) is 1. The van der Waals surface area contributed by atoms with Gasteiger partial charge in [0.2, 0.25) is 11.8 Å². The zero-order valence-corrected chi connectivity index (χ0v) is 26.3. The van der Waals surface area contributed by atoms with Crippen LogP contribution in [-0.4, -0.2) is 68.8 Å². The van der Waals surface area contributed by atoms with Gasteiger partial charge in [0.05, 0.1) is 42.5 Å². The highest BCUT2D eigenvalue weighted by atomic mass is 32.2. The van der Waals surface area contributed by atoms with Crippen LogP contribution in [0.1, 0.15) is 46.9 Å². The SMILES string of the molecule is CCS(=O)(=O)c1ccc(NC(=O)OC)cc1[C@H]1[C@H](C(=O)O)CCN1C(=O)[C@H](Nc1cc(C(N)=O)ccc1F)c1ccc(F)c(OC)c1. The predicted molar refractivity (Wildman–Crippen MR) is 165 cm³/mol. The van der Waals surface area contributed by atoms with Crippen molar-refractivity contribution >= 4 is 45.1 Å². The fourth-order valence-electron chi connectivity index (χ4n) is 5.40. The summed E-state index contributed by atoms with van der Waals surface area (Å²) < 4.78 is 65.7. The third-order valence-corrected chi connectivity index (χ3v) is 9.58. The van der Waals surface area contributed by atoms with Gasteiger partial charge < -0.3 is 30.5 Å². The molecule has 3 aromatic rings. The summed E-state index contributed by atoms with van der Waals surface area (Å²) in [6.45, 7) is 1.21. The van der Waals surface area contributed by atoms with E-state index in [-0.39, 0.29) is 57.4 Å². The molecule has 13 nitrogen and oxygen atoms in total. The Morgan fingerprint density at radius 1 is 1.04 bits per heavy atom. The van der Waals surface area contributed by atoms with E-state index in [2.05, 4.69) is 15.4 Å². The Kier molecular flexibility index (Phi) is 10.3. The number of anilines is 2. The molecule has 3 aromatic carbocycles. The highest BCUT2D eigenvalue weighted by molar-refractivity contribution is 7.91. The van der Waals surface area contributed by atoms with E-state index in [1.807, 2.05) is 0 Å². The number of methoxy groups -OCH3 is 2. The maximum absolute atomic E-state index is 15.1. The molecule has 0 aliphatic carbocycles. The molecular weight excluding hydrogens is 642 g/mol. The number of benzene rings is 3. The lowest BCUT2D eigenvalue weighted by Crippen LogP contribution is -2.40. The first-order valence-electron chi connectivity index (χ1n) is 14.2. The summed E-state index contributed by atoms with van der Waals surface area (Å²) in [6.07, 6.45) is -0.984. The van der Waals surface area contributed by atoms with E-state index in [9.17, 15) is 37.1 Å². The molecule has 0 unspecified atom stereocenters. The van der Waals surface area contributed by atoms with E-state index in [1.165, 1.54) is 44.4 Å². The summed E-state index contributed by atoms with van der Waals surface area (Å²) in [5.74, 6) is -6.62. The number of nitrogens with one attached hydrogen (secondary N) is 2. The van der Waals surface area contributed by atoms with Gasteiger partial charge in [-0.15, -0.1) is 0 Å². The van der Waals surface area contributed by atoms with Crippen LogP contribution in [0.3, 0.4) is 0 Å². The van der Waals surface area contributed by atoms with Gasteiger partial charge in [-0.3, -0.25) is 19.7 Å². The zero-order valence-electron chi connectivity index (χ0n) is 25.5. The van der Waals surface area contributed by atoms with Crippen molar-refractivity contribution in [1.29, 1.82) is 0 Å². The number of ether oxygens (including phenoxy) is 2. The topological polar surface area (TPSA) is 194 Å². The van der Waals surface area contributed by atoms with Crippen LogP contribution in [0, 0.1) is 17.6 Å². The van der Waals surface area contributed by atoms with Crippen molar-refractivity contribution in [2.24, 2.45) is 11.7 Å². The predicted octanol–water partition coefficient (Wildman–Crippen LogP) is 3.87. The number of hydrogen-bond acceptors (Lipinski definition) is 9. The molecule has 47 heavy (non-hydrogen) atoms. The smallest absolute Gasteiger partial charge is 0.411 e. The van der Waals surface area contributed by atoms with Gasteiger partial charge in [-0.05, 0) is 66.1 Å². The first-order chi connectivity index (χ1) is 22.2. The standard InChI is InChI=1S/C31H32F2N4O9S/c1-4-47(43,44)25-10-7-18(35-31(42)46-3)15-20(25)27-19(30(40)41)11-12-37(27)29(39)26(16-5-9-22(33)24(14-16)45-2)36-23-13-17(28(34)38)6-8-21(23)32/h5-10,13-15,19,26-27,36H,4,11-12H2,1-3H3,(H2,34,38)(H,35,42)(H,40,41)/t19-,26-,27-/m1/s1. The van der Waals surface area contributed by atoms with E-state index in [0.717, 1.165) is 36.3 Å². The molecule has 16 heteroatoms. The number of likely N-dealkylation sites (tertiary alicyclic amines) is 1. The Morgan fingerprint density at radius 2 is 1.74 bits per heavy atom. The van der Waals surface area contributed by atoms with Gasteiger partial charge in [0.1, 0.15) is 11.9 Å². The van der Waals surface area contributed by atoms with E-state index in [1.54, 1.807) is 0 Å². The van der Waals surface area contributed by atoms with Gasteiger partial charge in [0, 0.05) is 17.8 Å². The number of halogens is 2. The van der Waals surface area contributed by atoms with Gasteiger partial charge in [-0.2, -0.15) is 0 Å². The molecule has 0 spiro atoms. The molecule has 1 fully saturated rings. The molecule has 1 heterocycles. The fourth-order valence-corrected chi connectivity index (χ4v) is 6.53. The summed E-state index contributed by atoms with van der Waals surface area (Å²) in [6, 6.07) is 7.42. The summed E-state index contributed by atoms with van der Waals surface area (Å²) >= 11 is 0. The van der Waals surface area contributed by atoms with Crippen LogP contribution in [0.15, 0.2) is 59.5 Å². The minimum Gasteiger partial charge on any atom is -0.494 e. The second-order valence-corrected chi connectivity index (χ2v) is 12.8. The lowest BCUT2D eigenvalue weighted by atomic mass is 9.92. The number of primary amides is 1. The molecule has 1 aliphatic rings. The minimum absolute atomic E-state index is 0.0635. The number of aliphatic carboxylic acids is 1. The summed E-state index contributed by atoms with van der Waals surface area (Å²) in [5.41, 5.74) is 4.99. The van der Waals surface area contributed by atoms with E-state index < -0.39 is 63.4 Å². The largest absolute Gasteiger partial charge is 0.494 e. The molecule has 3 amide bonds. The molecule has 0 radical (unpaired) electrons. The van der Waals surface area contributed by atoms with E-state index in [4.69, 9.17) is 10.5 Å². The molecule has 1 aliphatic heterocycles. The Hall–Kier alpha value is -5.25. The van der Waals surface area contributed by atoms with Crippen LogP contribution in [-0.2, 0) is 24.2 Å². The molecule has 0 bridgehead atoms. The third kappa shape index (κ3) is 7.27. The van der Waals surface area contributed by atoms with Gasteiger partial charge >= 0.3 is 12.1 Å². The van der Waals surface area contributed by atoms with Crippen molar-refractivity contribution in [3.8, 4) is 5.75 Å². The number of amides is 3. The first kappa shape index (κ1) is 34.6. The van der Waals surface area contributed by atoms with Crippen molar-refractivity contribution < 1.29 is 51.0 Å². The minimum atomic E-state index is -4.01. The van der Waals surface area contributed by atoms with Crippen LogP contribution < -0.4 is 21.1 Å². The number of hydrogen-bond donors (Lipinski definition) is 4. The second kappa shape index (κ2) is 14.0. The lowest BCUT2D eigenvalue weighted by molar-refractivity contribution is -0.143. The zero-order chi connectivity index (χ0) is 34.6. The Morgan fingerprint density at radius 3 is 2.36 bits per heavy atom. The average Bonchev–Trinajstić information content (AvgIpc) is 3.50. The van der Waals surface area contributed by atoms with E-state index >= 15 is 4.39 Å². The second-order valence-electron chi connectivity index (χ2n) is 10.5. The molecular formula is C31H32F2N4O9S. The van der Waals surface area contributed by atoms with Gasteiger partial charge in [0.25, 0.3) is 0 Å². The first-order valence-corrected chi connectivity index (χ1v) is 15.8. The van der Waals surface area contributed by atoms with Crippen molar-refractivity contribution in [3.05, 3.63) is 82.9 Å². The molecule has 1 saturated heterocycles. The third-order valence-electron chi connectivity index (χ3n) is 7.78. The maximum Gasteiger partial charge on any atom is 0.411 e. The van der Waals surface area contributed by atoms with Gasteiger partial charge in [-0.25, -0.2) is 22.0 Å². The number of carbonyl (C=O) groups is 4. The van der Waals surface area contributed by atoms with Crippen LogP contribution in [0.5, 0.6) is 5.75 Å². The molecule has 4 rings (SSSR count). The van der Waals surface area contributed by atoms with Crippen molar-refractivity contribution in [2.45, 2.75) is 30.3 Å². The molecule has 250 valence electrons. The van der Waals surface area contributed by atoms with Crippen molar-refractivity contribution in [3.63, 3.8) is 0 Å². The Bertz CT molecular complexity index is 1840. The number of carbonyl (C=O) groups excluding carboxylic acids is 3. The fraction of sp³-hybridized carbons (Fsp3) is 0.290. The summed E-state index contributed by atoms with van der Waals surface area (Å²) in [4.78, 5) is 51.8. The number of sulfone groups is 1. The summed E-state index contributed by atoms with van der Waals surface area (Å²) in [5, 5.41) is 15.4. The highest BCUT2D eigenvalue weighted by Gasteiger charge is 2.46. The number of rotatable bonds is 11. The molecule has 0 aromatic heterocycles. The van der Waals surface area contributed by atoms with E-state index in [0.29, 0.717) is 0 Å². The number of carboxylic acids is 1. The van der Waals surface area contributed by atoms with Gasteiger partial charge in [-0.1, -0.05) is 13.0 Å². The van der Waals surface area contributed by atoms with Gasteiger partial charge in [0.15, 0.2) is 21.4 Å². The lowest BCUT2D eigenvalue weighted by Gasteiger charge is -2.33. The maximum atomic E-state index is 15.1. The molecule has 3 atom stereocenters. The van der Waals surface area contributed by atoms with Crippen LogP contribution in [0.2, 0.25) is 0 Å².